The number of carbonyl (C=O) groups is 2. The molecule has 3 fully saturated rings. The lowest BCUT2D eigenvalue weighted by Gasteiger charge is -2.43. The maximum atomic E-state index is 13.2. The molecule has 0 radical (unpaired) electrons. The Hall–Kier alpha value is -0.710. The molecule has 1 N–H and O–H groups in total. The molecule has 0 aromatic heterocycles. The standard InChI is InChI=1S/C19H32N2O2S/c1-14(2)11-15-12-17(22)21(13-15)19(7-9-24-10-8-19)18(23)20-16-5-3-4-6-16/h14-16H,3-13H2,1-2H3,(H,20,23). The average Bonchev–Trinajstić information content (AvgIpc) is 3.17. The van der Waals surface area contributed by atoms with E-state index in [4.69, 9.17) is 0 Å². The van der Waals surface area contributed by atoms with Gasteiger partial charge >= 0.3 is 0 Å². The maximum Gasteiger partial charge on any atom is 0.246 e. The van der Waals surface area contributed by atoms with Gasteiger partial charge in [0.25, 0.3) is 0 Å². The zero-order valence-electron chi connectivity index (χ0n) is 15.2. The van der Waals surface area contributed by atoms with Gasteiger partial charge in [0, 0.05) is 19.0 Å². The number of thioether (sulfide) groups is 1. The number of likely N-dealkylation sites (tertiary alicyclic amines) is 1. The number of hydrogen-bond acceptors (Lipinski definition) is 3. The fraction of sp³-hybridized carbons (Fsp3) is 0.895. The normalized spacial score (nSPS) is 27.9. The van der Waals surface area contributed by atoms with Crippen LogP contribution in [-0.4, -0.2) is 46.3 Å². The smallest absolute Gasteiger partial charge is 0.246 e. The first kappa shape index (κ1) is 18.1. The van der Waals surface area contributed by atoms with Gasteiger partial charge in [-0.15, -0.1) is 0 Å². The molecular weight excluding hydrogens is 320 g/mol. The highest BCUT2D eigenvalue weighted by Crippen LogP contribution is 2.38. The maximum absolute atomic E-state index is 13.2. The van der Waals surface area contributed by atoms with Crippen LogP contribution >= 0.6 is 11.8 Å². The van der Waals surface area contributed by atoms with Gasteiger partial charge in [0.2, 0.25) is 11.8 Å². The summed E-state index contributed by atoms with van der Waals surface area (Å²) >= 11 is 1.91. The van der Waals surface area contributed by atoms with E-state index in [0.717, 1.165) is 50.2 Å². The third-order valence-electron chi connectivity index (χ3n) is 5.96. The van der Waals surface area contributed by atoms with Crippen LogP contribution in [0.4, 0.5) is 0 Å². The van der Waals surface area contributed by atoms with Crippen molar-refractivity contribution < 1.29 is 9.59 Å². The summed E-state index contributed by atoms with van der Waals surface area (Å²) in [6.45, 7) is 5.21. The number of hydrogen-bond donors (Lipinski definition) is 1. The first-order chi connectivity index (χ1) is 11.5. The lowest BCUT2D eigenvalue weighted by molar-refractivity contribution is -0.145. The van der Waals surface area contributed by atoms with Crippen molar-refractivity contribution in [3.05, 3.63) is 0 Å². The highest BCUT2D eigenvalue weighted by Gasteiger charge is 2.50. The van der Waals surface area contributed by atoms with Gasteiger partial charge < -0.3 is 10.2 Å². The van der Waals surface area contributed by atoms with E-state index in [0.29, 0.717) is 24.3 Å². The Kier molecular flexibility index (Phi) is 5.78. The molecule has 1 saturated carbocycles. The summed E-state index contributed by atoms with van der Waals surface area (Å²) in [6.07, 6.45) is 7.97. The van der Waals surface area contributed by atoms with Gasteiger partial charge in [-0.1, -0.05) is 26.7 Å². The van der Waals surface area contributed by atoms with Crippen LogP contribution in [0.1, 0.15) is 65.2 Å². The van der Waals surface area contributed by atoms with Crippen LogP contribution in [0, 0.1) is 11.8 Å². The molecule has 4 nitrogen and oxygen atoms in total. The Labute approximate surface area is 150 Å². The molecule has 1 unspecified atom stereocenters. The van der Waals surface area contributed by atoms with E-state index in [1.807, 2.05) is 16.7 Å². The molecule has 0 aromatic rings. The topological polar surface area (TPSA) is 49.4 Å². The van der Waals surface area contributed by atoms with Crippen molar-refractivity contribution in [2.24, 2.45) is 11.8 Å². The third kappa shape index (κ3) is 3.76. The summed E-state index contributed by atoms with van der Waals surface area (Å²) in [4.78, 5) is 28.0. The average molecular weight is 353 g/mol. The molecule has 2 aliphatic heterocycles. The van der Waals surface area contributed by atoms with Gasteiger partial charge in [-0.3, -0.25) is 9.59 Å². The molecular formula is C19H32N2O2S. The van der Waals surface area contributed by atoms with Crippen LogP contribution in [0.15, 0.2) is 0 Å². The van der Waals surface area contributed by atoms with E-state index in [1.165, 1.54) is 12.8 Å². The van der Waals surface area contributed by atoms with Gasteiger partial charge in [-0.2, -0.15) is 11.8 Å². The first-order valence-electron chi connectivity index (χ1n) is 9.70. The second-order valence-electron chi connectivity index (χ2n) is 8.30. The summed E-state index contributed by atoms with van der Waals surface area (Å²) in [6, 6.07) is 0.327. The van der Waals surface area contributed by atoms with Crippen molar-refractivity contribution in [3.8, 4) is 0 Å². The van der Waals surface area contributed by atoms with Gasteiger partial charge in [-0.25, -0.2) is 0 Å². The molecule has 5 heteroatoms. The predicted molar refractivity (Wildman–Crippen MR) is 99.0 cm³/mol. The van der Waals surface area contributed by atoms with E-state index in [-0.39, 0.29) is 11.8 Å². The predicted octanol–water partition coefficient (Wildman–Crippen LogP) is 3.21. The van der Waals surface area contributed by atoms with Crippen LogP contribution in [0.2, 0.25) is 0 Å². The van der Waals surface area contributed by atoms with E-state index in [2.05, 4.69) is 19.2 Å². The van der Waals surface area contributed by atoms with Crippen molar-refractivity contribution in [1.82, 2.24) is 10.2 Å². The molecule has 3 aliphatic rings. The summed E-state index contributed by atoms with van der Waals surface area (Å²) in [5.74, 6) is 3.33. The first-order valence-corrected chi connectivity index (χ1v) is 10.9. The summed E-state index contributed by atoms with van der Waals surface area (Å²) < 4.78 is 0. The zero-order valence-corrected chi connectivity index (χ0v) is 16.0. The molecule has 1 aliphatic carbocycles. The summed E-state index contributed by atoms with van der Waals surface area (Å²) in [7, 11) is 0. The highest BCUT2D eigenvalue weighted by molar-refractivity contribution is 7.99. The number of carbonyl (C=O) groups excluding carboxylic acids is 2. The van der Waals surface area contributed by atoms with E-state index < -0.39 is 5.54 Å². The Balaban J connectivity index is 1.75. The van der Waals surface area contributed by atoms with Crippen molar-refractivity contribution in [1.29, 1.82) is 0 Å². The number of nitrogens with zero attached hydrogens (tertiary/aromatic N) is 1. The Morgan fingerprint density at radius 2 is 1.96 bits per heavy atom. The third-order valence-corrected chi connectivity index (χ3v) is 6.95. The van der Waals surface area contributed by atoms with Crippen molar-refractivity contribution in [2.45, 2.75) is 76.8 Å². The Morgan fingerprint density at radius 3 is 2.58 bits per heavy atom. The quantitative estimate of drug-likeness (QED) is 0.826. The van der Waals surface area contributed by atoms with Crippen molar-refractivity contribution >= 4 is 23.6 Å². The molecule has 136 valence electrons. The molecule has 0 spiro atoms. The zero-order chi connectivity index (χ0) is 17.2. The van der Waals surface area contributed by atoms with Gasteiger partial charge in [0.15, 0.2) is 0 Å². The highest BCUT2D eigenvalue weighted by atomic mass is 32.2. The lowest BCUT2D eigenvalue weighted by Crippen LogP contribution is -2.62. The number of nitrogens with one attached hydrogen (secondary N) is 1. The van der Waals surface area contributed by atoms with E-state index in [1.54, 1.807) is 0 Å². The van der Waals surface area contributed by atoms with Crippen LogP contribution in [0.3, 0.4) is 0 Å². The van der Waals surface area contributed by atoms with Gasteiger partial charge in [-0.05, 0) is 55.4 Å². The van der Waals surface area contributed by atoms with Crippen molar-refractivity contribution in [3.63, 3.8) is 0 Å². The summed E-state index contributed by atoms with van der Waals surface area (Å²) in [5.41, 5.74) is -0.573. The SMILES string of the molecule is CC(C)CC1CC(=O)N(C2(C(=O)NC3CCCC3)CCSCC2)C1. The molecule has 1 atom stereocenters. The monoisotopic (exact) mass is 352 g/mol. The second-order valence-corrected chi connectivity index (χ2v) is 9.53. The van der Waals surface area contributed by atoms with Gasteiger partial charge in [0.05, 0.1) is 0 Å². The Morgan fingerprint density at radius 1 is 1.29 bits per heavy atom. The van der Waals surface area contributed by atoms with Crippen LogP contribution in [0.5, 0.6) is 0 Å². The van der Waals surface area contributed by atoms with Gasteiger partial charge in [0.1, 0.15) is 5.54 Å². The number of amides is 2. The molecule has 0 bridgehead atoms. The minimum absolute atomic E-state index is 0.133. The minimum Gasteiger partial charge on any atom is -0.351 e. The van der Waals surface area contributed by atoms with Crippen LogP contribution in [0.25, 0.3) is 0 Å². The number of rotatable bonds is 5. The molecule has 0 aromatic carbocycles. The molecule has 2 heterocycles. The Bertz CT molecular complexity index is 468. The largest absolute Gasteiger partial charge is 0.351 e. The second kappa shape index (κ2) is 7.67. The van der Waals surface area contributed by atoms with E-state index >= 15 is 0 Å². The fourth-order valence-electron chi connectivity index (χ4n) is 4.74. The lowest BCUT2D eigenvalue weighted by atomic mass is 9.88. The fourth-order valence-corrected chi connectivity index (χ4v) is 5.91. The van der Waals surface area contributed by atoms with E-state index in [9.17, 15) is 9.59 Å². The van der Waals surface area contributed by atoms with Crippen LogP contribution < -0.4 is 5.32 Å². The van der Waals surface area contributed by atoms with Crippen molar-refractivity contribution in [2.75, 3.05) is 18.1 Å². The molecule has 3 rings (SSSR count). The molecule has 2 saturated heterocycles. The van der Waals surface area contributed by atoms with Crippen LogP contribution in [-0.2, 0) is 9.59 Å². The molecule has 2 amide bonds. The molecule has 24 heavy (non-hydrogen) atoms. The summed E-state index contributed by atoms with van der Waals surface area (Å²) in [5, 5.41) is 3.30. The minimum atomic E-state index is -0.573.